The summed E-state index contributed by atoms with van der Waals surface area (Å²) in [6.45, 7) is 10.1. The molecule has 1 amide bonds. The van der Waals surface area contributed by atoms with Gasteiger partial charge in [-0.1, -0.05) is 0 Å². The first-order valence-corrected chi connectivity index (χ1v) is 6.83. The van der Waals surface area contributed by atoms with Crippen molar-refractivity contribution in [2.45, 2.75) is 46.7 Å². The highest BCUT2D eigenvalue weighted by atomic mass is 32.1. The number of hydrogen-bond donors (Lipinski definition) is 1. The first-order valence-electron chi connectivity index (χ1n) is 6.01. The molecule has 0 aliphatic rings. The molecule has 4 nitrogen and oxygen atoms in total. The minimum absolute atomic E-state index is 0.0565. The van der Waals surface area contributed by atoms with Gasteiger partial charge in [0.1, 0.15) is 0 Å². The third kappa shape index (κ3) is 3.09. The molecule has 5 heteroatoms. The van der Waals surface area contributed by atoms with Crippen molar-refractivity contribution in [1.29, 1.82) is 0 Å². The lowest BCUT2D eigenvalue weighted by molar-refractivity contribution is -0.142. The second-order valence-corrected chi connectivity index (χ2v) is 7.17. The molecule has 18 heavy (non-hydrogen) atoms. The number of carbonyl (C=O) groups excluding carboxylic acids is 1. The summed E-state index contributed by atoms with van der Waals surface area (Å²) in [5, 5.41) is 1.02. The van der Waals surface area contributed by atoms with E-state index in [-0.39, 0.29) is 5.91 Å². The molecule has 2 N–H and O–H groups in total. The van der Waals surface area contributed by atoms with Crippen LogP contribution in [0.25, 0.3) is 0 Å². The molecule has 1 aromatic heterocycles. The molecule has 0 unspecified atom stereocenters. The van der Waals surface area contributed by atoms with Gasteiger partial charge in [-0.15, -0.1) is 11.3 Å². The molecule has 1 aromatic rings. The lowest BCUT2D eigenvalue weighted by Crippen LogP contribution is -2.55. The Morgan fingerprint density at radius 1 is 1.44 bits per heavy atom. The predicted octanol–water partition coefficient (Wildman–Crippen LogP) is 2.17. The van der Waals surface area contributed by atoms with Crippen LogP contribution in [0.3, 0.4) is 0 Å². The molecule has 0 aromatic carbocycles. The number of carbonyl (C=O) groups is 1. The molecule has 0 radical (unpaired) electrons. The number of hydrogen-bond acceptors (Lipinski definition) is 4. The van der Waals surface area contributed by atoms with E-state index in [4.69, 9.17) is 5.73 Å². The van der Waals surface area contributed by atoms with Crippen molar-refractivity contribution in [1.82, 2.24) is 9.88 Å². The maximum atomic E-state index is 12.5. The molecular weight excluding hydrogens is 246 g/mol. The number of aromatic nitrogens is 1. The van der Waals surface area contributed by atoms with Crippen LogP contribution >= 0.6 is 11.3 Å². The van der Waals surface area contributed by atoms with Crippen LogP contribution in [-0.4, -0.2) is 28.4 Å². The van der Waals surface area contributed by atoms with Crippen LogP contribution in [0.1, 0.15) is 37.6 Å². The van der Waals surface area contributed by atoms with E-state index < -0.39 is 11.0 Å². The predicted molar refractivity (Wildman–Crippen MR) is 75.4 cm³/mol. The Bertz CT molecular complexity index is 432. The Kier molecular flexibility index (Phi) is 4.18. The van der Waals surface area contributed by atoms with Crippen LogP contribution in [0.5, 0.6) is 0 Å². The van der Waals surface area contributed by atoms with Gasteiger partial charge in [-0.05, 0) is 34.6 Å². The fourth-order valence-electron chi connectivity index (χ4n) is 1.54. The van der Waals surface area contributed by atoms with Crippen LogP contribution in [0.4, 0.5) is 0 Å². The fraction of sp³-hybridized carbons (Fsp3) is 0.692. The van der Waals surface area contributed by atoms with Crippen LogP contribution < -0.4 is 5.73 Å². The maximum Gasteiger partial charge on any atom is 0.230 e. The first kappa shape index (κ1) is 15.1. The highest BCUT2D eigenvalue weighted by Gasteiger charge is 2.41. The van der Waals surface area contributed by atoms with E-state index >= 15 is 0 Å². The highest BCUT2D eigenvalue weighted by Crippen LogP contribution is 2.30. The Labute approximate surface area is 113 Å². The van der Waals surface area contributed by atoms with Crippen molar-refractivity contribution in [3.05, 3.63) is 16.1 Å². The summed E-state index contributed by atoms with van der Waals surface area (Å²) < 4.78 is 0. The molecule has 0 atom stereocenters. The van der Waals surface area contributed by atoms with Crippen LogP contribution in [0.2, 0.25) is 0 Å². The van der Waals surface area contributed by atoms with Gasteiger partial charge in [0.05, 0.1) is 17.0 Å². The van der Waals surface area contributed by atoms with Crippen molar-refractivity contribution in [2.75, 3.05) is 7.05 Å². The third-order valence-electron chi connectivity index (χ3n) is 3.55. The van der Waals surface area contributed by atoms with Crippen molar-refractivity contribution in [2.24, 2.45) is 11.1 Å². The molecule has 0 fully saturated rings. The minimum Gasteiger partial charge on any atom is -0.340 e. The Balaban J connectivity index is 2.79. The van der Waals surface area contributed by atoms with Gasteiger partial charge in [0, 0.05) is 23.7 Å². The lowest BCUT2D eigenvalue weighted by atomic mass is 9.74. The average Bonchev–Trinajstić information content (AvgIpc) is 2.61. The van der Waals surface area contributed by atoms with Crippen LogP contribution in [0, 0.1) is 12.3 Å². The van der Waals surface area contributed by atoms with Gasteiger partial charge in [0.15, 0.2) is 0 Å². The Hall–Kier alpha value is -0.940. The standard InChI is InChI=1S/C13H23N3OS/c1-9-15-7-10(18-9)8-16(6)11(17)12(2,3)13(4,5)14/h7H,8,14H2,1-6H3. The third-order valence-corrected chi connectivity index (χ3v) is 4.45. The summed E-state index contributed by atoms with van der Waals surface area (Å²) >= 11 is 1.62. The smallest absolute Gasteiger partial charge is 0.230 e. The van der Waals surface area contributed by atoms with Crippen LogP contribution in [-0.2, 0) is 11.3 Å². The molecule has 1 rings (SSSR count). The van der Waals surface area contributed by atoms with Gasteiger partial charge in [-0.2, -0.15) is 0 Å². The monoisotopic (exact) mass is 269 g/mol. The molecule has 0 bridgehead atoms. The van der Waals surface area contributed by atoms with E-state index in [1.165, 1.54) is 0 Å². The fourth-order valence-corrected chi connectivity index (χ4v) is 2.39. The van der Waals surface area contributed by atoms with E-state index in [2.05, 4.69) is 4.98 Å². The summed E-state index contributed by atoms with van der Waals surface area (Å²) in [4.78, 5) is 19.5. The van der Waals surface area contributed by atoms with E-state index in [0.717, 1.165) is 9.88 Å². The van der Waals surface area contributed by atoms with E-state index in [0.29, 0.717) is 6.54 Å². The number of nitrogens with zero attached hydrogens (tertiary/aromatic N) is 2. The van der Waals surface area contributed by atoms with Gasteiger partial charge in [0.25, 0.3) is 0 Å². The second-order valence-electron chi connectivity index (χ2n) is 5.85. The van der Waals surface area contributed by atoms with Gasteiger partial charge in [-0.25, -0.2) is 4.98 Å². The molecular formula is C13H23N3OS. The van der Waals surface area contributed by atoms with E-state index in [1.807, 2.05) is 47.9 Å². The maximum absolute atomic E-state index is 12.5. The SMILES string of the molecule is Cc1ncc(CN(C)C(=O)C(C)(C)C(C)(C)N)s1. The molecule has 0 saturated carbocycles. The quantitative estimate of drug-likeness (QED) is 0.911. The molecule has 1 heterocycles. The number of thiazole rings is 1. The molecule has 0 spiro atoms. The summed E-state index contributed by atoms with van der Waals surface area (Å²) in [6, 6.07) is 0. The van der Waals surface area contributed by atoms with Crippen molar-refractivity contribution < 1.29 is 4.79 Å². The highest BCUT2D eigenvalue weighted by molar-refractivity contribution is 7.11. The van der Waals surface area contributed by atoms with Gasteiger partial charge >= 0.3 is 0 Å². The number of rotatable bonds is 4. The summed E-state index contributed by atoms with van der Waals surface area (Å²) in [5.41, 5.74) is 4.94. The summed E-state index contributed by atoms with van der Waals surface area (Å²) in [7, 11) is 1.81. The number of amides is 1. The minimum atomic E-state index is -0.596. The van der Waals surface area contributed by atoms with E-state index in [1.54, 1.807) is 16.2 Å². The number of nitrogens with two attached hydrogens (primary N) is 1. The number of aryl methyl sites for hydroxylation is 1. The van der Waals surface area contributed by atoms with Crippen molar-refractivity contribution in [3.63, 3.8) is 0 Å². The molecule has 102 valence electrons. The summed E-state index contributed by atoms with van der Waals surface area (Å²) in [5.74, 6) is 0.0565. The van der Waals surface area contributed by atoms with Gasteiger partial charge in [0.2, 0.25) is 5.91 Å². The zero-order valence-electron chi connectivity index (χ0n) is 12.1. The Morgan fingerprint density at radius 2 is 2.00 bits per heavy atom. The lowest BCUT2D eigenvalue weighted by Gasteiger charge is -2.39. The largest absolute Gasteiger partial charge is 0.340 e. The van der Waals surface area contributed by atoms with Crippen molar-refractivity contribution >= 4 is 17.2 Å². The zero-order valence-corrected chi connectivity index (χ0v) is 12.9. The van der Waals surface area contributed by atoms with Gasteiger partial charge < -0.3 is 10.6 Å². The van der Waals surface area contributed by atoms with Crippen molar-refractivity contribution in [3.8, 4) is 0 Å². The second kappa shape index (κ2) is 4.97. The average molecular weight is 269 g/mol. The zero-order chi connectivity index (χ0) is 14.1. The Morgan fingerprint density at radius 3 is 2.39 bits per heavy atom. The van der Waals surface area contributed by atoms with Gasteiger partial charge in [-0.3, -0.25) is 4.79 Å². The van der Waals surface area contributed by atoms with Crippen LogP contribution in [0.15, 0.2) is 6.20 Å². The topological polar surface area (TPSA) is 59.2 Å². The summed E-state index contributed by atoms with van der Waals surface area (Å²) in [6.07, 6.45) is 1.82. The first-order chi connectivity index (χ1) is 8.05. The normalized spacial score (nSPS) is 12.6. The molecule has 0 aliphatic heterocycles. The molecule has 0 saturated heterocycles. The van der Waals surface area contributed by atoms with E-state index in [9.17, 15) is 4.79 Å². The molecule has 0 aliphatic carbocycles.